The summed E-state index contributed by atoms with van der Waals surface area (Å²) in [6.07, 6.45) is 1.65. The highest BCUT2D eigenvalue weighted by molar-refractivity contribution is 5.90. The standard InChI is InChI=1S/C6H8O2.C3H7N.CH2O/c1-4-3-8-6(7)5(4)2;1-2-3-4;1-2/h4H,2-3H2,1H3;2H,1,3-4H2;1H2. The van der Waals surface area contributed by atoms with Gasteiger partial charge in [-0.15, -0.1) is 6.58 Å². The number of nitrogens with two attached hydrogens (primary N) is 1. The Bertz CT molecular complexity index is 202. The number of carbonyl (C=O) groups excluding carboxylic acids is 2. The van der Waals surface area contributed by atoms with Crippen molar-refractivity contribution in [1.82, 2.24) is 0 Å². The molecule has 1 rings (SSSR count). The van der Waals surface area contributed by atoms with Gasteiger partial charge in [-0.2, -0.15) is 0 Å². The van der Waals surface area contributed by atoms with E-state index < -0.39 is 0 Å². The van der Waals surface area contributed by atoms with Gasteiger partial charge in [0, 0.05) is 18.0 Å². The Hall–Kier alpha value is -1.42. The molecule has 0 aromatic rings. The second kappa shape index (κ2) is 9.67. The smallest absolute Gasteiger partial charge is 0.333 e. The fourth-order valence-electron chi connectivity index (χ4n) is 0.595. The molecule has 1 fully saturated rings. The third-order valence-electron chi connectivity index (χ3n) is 1.49. The lowest BCUT2D eigenvalue weighted by molar-refractivity contribution is -0.135. The number of hydrogen-bond donors (Lipinski definition) is 1. The van der Waals surface area contributed by atoms with E-state index in [-0.39, 0.29) is 11.9 Å². The lowest BCUT2D eigenvalue weighted by atomic mass is 10.1. The van der Waals surface area contributed by atoms with Crippen LogP contribution in [0, 0.1) is 5.92 Å². The Morgan fingerprint density at radius 1 is 1.64 bits per heavy atom. The van der Waals surface area contributed by atoms with Gasteiger partial charge in [-0.1, -0.05) is 19.6 Å². The molecule has 1 atom stereocenters. The summed E-state index contributed by atoms with van der Waals surface area (Å²) in [7, 11) is 0. The highest BCUT2D eigenvalue weighted by Crippen LogP contribution is 2.17. The quantitative estimate of drug-likeness (QED) is 0.383. The topological polar surface area (TPSA) is 69.4 Å². The number of carbonyl (C=O) groups is 2. The van der Waals surface area contributed by atoms with E-state index in [2.05, 4.69) is 17.9 Å². The second-order valence-corrected chi connectivity index (χ2v) is 2.55. The van der Waals surface area contributed by atoms with Crippen LogP contribution in [0.3, 0.4) is 0 Å². The lowest BCUT2D eigenvalue weighted by Crippen LogP contribution is -1.95. The molecule has 0 saturated carbocycles. The highest BCUT2D eigenvalue weighted by Gasteiger charge is 2.23. The zero-order valence-electron chi connectivity index (χ0n) is 8.49. The molecule has 1 aliphatic heterocycles. The molecule has 0 bridgehead atoms. The normalized spacial score (nSPS) is 18.3. The molecule has 0 spiro atoms. The van der Waals surface area contributed by atoms with E-state index in [0.29, 0.717) is 18.7 Å². The minimum Gasteiger partial charge on any atom is -0.462 e. The minimum atomic E-state index is -0.238. The van der Waals surface area contributed by atoms with Gasteiger partial charge in [0.15, 0.2) is 0 Å². The molecule has 1 aliphatic rings. The van der Waals surface area contributed by atoms with E-state index in [1.165, 1.54) is 0 Å². The van der Waals surface area contributed by atoms with Gasteiger partial charge >= 0.3 is 5.97 Å². The monoisotopic (exact) mass is 199 g/mol. The number of cyclic esters (lactones) is 1. The minimum absolute atomic E-state index is 0.225. The molecule has 0 aromatic carbocycles. The Balaban J connectivity index is 0. The summed E-state index contributed by atoms with van der Waals surface area (Å²) in [6, 6.07) is 0. The molecule has 14 heavy (non-hydrogen) atoms. The first-order chi connectivity index (χ1) is 6.63. The van der Waals surface area contributed by atoms with Crippen LogP contribution in [0.2, 0.25) is 0 Å². The Morgan fingerprint density at radius 2 is 2.07 bits per heavy atom. The third kappa shape index (κ3) is 6.14. The molecule has 1 heterocycles. The van der Waals surface area contributed by atoms with Gasteiger partial charge in [-0.25, -0.2) is 4.79 Å². The zero-order chi connectivity index (χ0) is 11.6. The van der Waals surface area contributed by atoms with Crippen LogP contribution >= 0.6 is 0 Å². The molecule has 0 radical (unpaired) electrons. The van der Waals surface area contributed by atoms with Gasteiger partial charge in [0.2, 0.25) is 0 Å². The summed E-state index contributed by atoms with van der Waals surface area (Å²) in [5.74, 6) is -0.0139. The van der Waals surface area contributed by atoms with E-state index in [9.17, 15) is 4.79 Å². The Kier molecular flexibility index (Phi) is 10.4. The van der Waals surface area contributed by atoms with E-state index in [4.69, 9.17) is 10.5 Å². The maximum atomic E-state index is 10.5. The van der Waals surface area contributed by atoms with Crippen LogP contribution in [0.15, 0.2) is 24.8 Å². The second-order valence-electron chi connectivity index (χ2n) is 2.55. The maximum absolute atomic E-state index is 10.5. The molecule has 0 aromatic heterocycles. The molecule has 1 saturated heterocycles. The van der Waals surface area contributed by atoms with Gasteiger partial charge in [-0.05, 0) is 0 Å². The van der Waals surface area contributed by atoms with Crippen molar-refractivity contribution < 1.29 is 14.3 Å². The molecule has 0 amide bonds. The fraction of sp³-hybridized carbons (Fsp3) is 0.400. The van der Waals surface area contributed by atoms with Crippen LogP contribution in [-0.4, -0.2) is 25.9 Å². The van der Waals surface area contributed by atoms with Gasteiger partial charge < -0.3 is 15.3 Å². The largest absolute Gasteiger partial charge is 0.462 e. The number of esters is 1. The molecular weight excluding hydrogens is 182 g/mol. The fourth-order valence-corrected chi connectivity index (χ4v) is 0.595. The Morgan fingerprint density at radius 3 is 2.14 bits per heavy atom. The van der Waals surface area contributed by atoms with Crippen LogP contribution in [-0.2, 0) is 14.3 Å². The first-order valence-electron chi connectivity index (χ1n) is 4.09. The van der Waals surface area contributed by atoms with Crippen molar-refractivity contribution in [2.75, 3.05) is 13.2 Å². The number of rotatable bonds is 1. The van der Waals surface area contributed by atoms with E-state index in [0.717, 1.165) is 0 Å². The van der Waals surface area contributed by atoms with Crippen molar-refractivity contribution in [3.8, 4) is 0 Å². The average Bonchev–Trinajstić information content (AvgIpc) is 2.53. The van der Waals surface area contributed by atoms with Crippen molar-refractivity contribution in [1.29, 1.82) is 0 Å². The van der Waals surface area contributed by atoms with Gasteiger partial charge in [-0.3, -0.25) is 0 Å². The maximum Gasteiger partial charge on any atom is 0.333 e. The van der Waals surface area contributed by atoms with Crippen molar-refractivity contribution in [2.45, 2.75) is 6.92 Å². The molecular formula is C10H17NO3. The number of hydrogen-bond acceptors (Lipinski definition) is 4. The van der Waals surface area contributed by atoms with Crippen molar-refractivity contribution in [3.05, 3.63) is 24.8 Å². The predicted octanol–water partition coefficient (Wildman–Crippen LogP) is 0.682. The zero-order valence-corrected chi connectivity index (χ0v) is 8.49. The van der Waals surface area contributed by atoms with Crippen LogP contribution in [0.25, 0.3) is 0 Å². The van der Waals surface area contributed by atoms with E-state index in [1.807, 2.05) is 13.7 Å². The summed E-state index contributed by atoms with van der Waals surface area (Å²) >= 11 is 0. The van der Waals surface area contributed by atoms with Crippen LogP contribution in [0.5, 0.6) is 0 Å². The molecule has 2 N–H and O–H groups in total. The van der Waals surface area contributed by atoms with E-state index >= 15 is 0 Å². The molecule has 1 unspecified atom stereocenters. The summed E-state index contributed by atoms with van der Waals surface area (Å²) in [5.41, 5.74) is 5.51. The van der Waals surface area contributed by atoms with E-state index in [1.54, 1.807) is 6.08 Å². The molecule has 80 valence electrons. The summed E-state index contributed by atoms with van der Waals surface area (Å²) in [5, 5.41) is 0. The van der Waals surface area contributed by atoms with Crippen molar-refractivity contribution >= 4 is 12.8 Å². The first-order valence-corrected chi connectivity index (χ1v) is 4.09. The van der Waals surface area contributed by atoms with Crippen LogP contribution < -0.4 is 5.73 Å². The van der Waals surface area contributed by atoms with Crippen molar-refractivity contribution in [3.63, 3.8) is 0 Å². The van der Waals surface area contributed by atoms with Crippen LogP contribution in [0.1, 0.15) is 6.92 Å². The van der Waals surface area contributed by atoms with Gasteiger partial charge in [0.1, 0.15) is 6.79 Å². The van der Waals surface area contributed by atoms with Crippen molar-refractivity contribution in [2.24, 2.45) is 11.7 Å². The van der Waals surface area contributed by atoms with Crippen LogP contribution in [0.4, 0.5) is 0 Å². The lowest BCUT2D eigenvalue weighted by Gasteiger charge is -1.90. The SMILES string of the molecule is C=C1C(=O)OCC1C.C=CCN.C=O. The molecule has 4 heteroatoms. The summed E-state index contributed by atoms with van der Waals surface area (Å²) in [4.78, 5) is 18.5. The Labute approximate surface area is 84.4 Å². The highest BCUT2D eigenvalue weighted by atomic mass is 16.5. The molecule has 0 aliphatic carbocycles. The molecule has 4 nitrogen and oxygen atoms in total. The third-order valence-corrected chi connectivity index (χ3v) is 1.49. The predicted molar refractivity (Wildman–Crippen MR) is 55.6 cm³/mol. The summed E-state index contributed by atoms with van der Waals surface area (Å²) < 4.78 is 4.64. The van der Waals surface area contributed by atoms with Gasteiger partial charge in [0.05, 0.1) is 6.61 Å². The first kappa shape index (κ1) is 15.1. The van der Waals surface area contributed by atoms with Gasteiger partial charge in [0.25, 0.3) is 0 Å². The average molecular weight is 199 g/mol. The number of ether oxygens (including phenoxy) is 1. The summed E-state index contributed by atoms with van der Waals surface area (Å²) in [6.45, 7) is 11.9.